The Bertz CT molecular complexity index is 140. The van der Waals surface area contributed by atoms with Gasteiger partial charge in [-0.3, -0.25) is 0 Å². The van der Waals surface area contributed by atoms with Gasteiger partial charge in [-0.25, -0.2) is 0 Å². The first-order valence-electron chi connectivity index (χ1n) is 3.36. The molecular weight excluding hydrogens is 135 g/mol. The highest BCUT2D eigenvalue weighted by molar-refractivity contribution is 6.19. The second-order valence-electron chi connectivity index (χ2n) is 2.62. The third-order valence-electron chi connectivity index (χ3n) is 1.93. The van der Waals surface area contributed by atoms with Crippen LogP contribution in [0.3, 0.4) is 0 Å². The lowest BCUT2D eigenvalue weighted by Gasteiger charge is -2.10. The van der Waals surface area contributed by atoms with E-state index in [1.54, 1.807) is 6.92 Å². The first-order valence-corrected chi connectivity index (χ1v) is 3.36. The minimum Gasteiger partial charge on any atom is -0.403 e. The molecular formula is C5H9BO4. The van der Waals surface area contributed by atoms with Crippen LogP contribution in [0.4, 0.5) is 0 Å². The zero-order valence-corrected chi connectivity index (χ0v) is 5.69. The van der Waals surface area contributed by atoms with Crippen molar-refractivity contribution < 1.29 is 19.2 Å². The number of aliphatic hydroxyl groups is 1. The Morgan fingerprint density at radius 1 is 1.40 bits per heavy atom. The summed E-state index contributed by atoms with van der Waals surface area (Å²) in [5, 5.41) is 9.34. The number of rotatable bonds is 0. The normalized spacial score (nSPS) is 52.6. The quantitative estimate of drug-likeness (QED) is 0.432. The van der Waals surface area contributed by atoms with Crippen molar-refractivity contribution in [2.75, 3.05) is 0 Å². The van der Waals surface area contributed by atoms with Gasteiger partial charge in [0.05, 0.1) is 6.10 Å². The Morgan fingerprint density at radius 3 is 2.90 bits per heavy atom. The molecule has 10 heavy (non-hydrogen) atoms. The van der Waals surface area contributed by atoms with Crippen LogP contribution >= 0.6 is 0 Å². The summed E-state index contributed by atoms with van der Waals surface area (Å²) in [4.78, 5) is 0. The van der Waals surface area contributed by atoms with Gasteiger partial charge in [0.25, 0.3) is 0 Å². The van der Waals surface area contributed by atoms with Crippen LogP contribution in [0.15, 0.2) is 0 Å². The van der Waals surface area contributed by atoms with Crippen LogP contribution in [-0.2, 0) is 14.0 Å². The largest absolute Gasteiger partial charge is 0.440 e. The highest BCUT2D eigenvalue weighted by atomic mass is 16.8. The van der Waals surface area contributed by atoms with Gasteiger partial charge in [0.15, 0.2) is 6.29 Å². The Morgan fingerprint density at radius 2 is 2.20 bits per heavy atom. The lowest BCUT2D eigenvalue weighted by Crippen LogP contribution is -2.30. The van der Waals surface area contributed by atoms with Gasteiger partial charge < -0.3 is 19.2 Å². The molecule has 0 aromatic rings. The fourth-order valence-electron chi connectivity index (χ4n) is 1.29. The summed E-state index contributed by atoms with van der Waals surface area (Å²) in [6.45, 7) is 1.80. The summed E-state index contributed by atoms with van der Waals surface area (Å²) in [6.07, 6.45) is -1.32. The van der Waals surface area contributed by atoms with Crippen LogP contribution in [0.5, 0.6) is 0 Å². The van der Waals surface area contributed by atoms with Crippen molar-refractivity contribution >= 4 is 7.69 Å². The highest BCUT2D eigenvalue weighted by Crippen LogP contribution is 2.27. The maximum absolute atomic E-state index is 9.34. The molecule has 0 saturated carbocycles. The van der Waals surface area contributed by atoms with Crippen LogP contribution in [0.2, 0.25) is 0 Å². The standard InChI is InChI=1S/C5H9BO4/c1-2-3(7)4-5(8-2)10-6-9-4/h2-7H,1H3/t2-,3+,4-,5-/m0/s1. The van der Waals surface area contributed by atoms with E-state index in [1.807, 2.05) is 0 Å². The van der Waals surface area contributed by atoms with E-state index >= 15 is 0 Å². The molecule has 0 aromatic heterocycles. The van der Waals surface area contributed by atoms with Gasteiger partial charge >= 0.3 is 7.69 Å². The fraction of sp³-hybridized carbons (Fsp3) is 1.00. The average Bonchev–Trinajstić information content (AvgIpc) is 2.41. The molecule has 2 aliphatic rings. The van der Waals surface area contributed by atoms with Crippen molar-refractivity contribution in [2.45, 2.75) is 31.5 Å². The van der Waals surface area contributed by atoms with Crippen molar-refractivity contribution in [3.63, 3.8) is 0 Å². The molecule has 4 nitrogen and oxygen atoms in total. The Kier molecular flexibility index (Phi) is 1.45. The number of fused-ring (bicyclic) bond motifs is 1. The molecule has 56 valence electrons. The minimum atomic E-state index is -0.535. The average molecular weight is 144 g/mol. The van der Waals surface area contributed by atoms with E-state index in [9.17, 15) is 5.11 Å². The summed E-state index contributed by atoms with van der Waals surface area (Å²) in [7, 11) is 0.235. The van der Waals surface area contributed by atoms with Crippen molar-refractivity contribution in [1.29, 1.82) is 0 Å². The predicted octanol–water partition coefficient (Wildman–Crippen LogP) is -1.23. The first kappa shape index (κ1) is 6.60. The number of hydrogen-bond acceptors (Lipinski definition) is 4. The molecule has 2 fully saturated rings. The zero-order chi connectivity index (χ0) is 7.14. The summed E-state index contributed by atoms with van der Waals surface area (Å²) in [5.74, 6) is 0. The molecule has 4 atom stereocenters. The van der Waals surface area contributed by atoms with Gasteiger partial charge in [-0.05, 0) is 6.92 Å². The molecule has 5 heteroatoms. The summed E-state index contributed by atoms with van der Waals surface area (Å²) in [6, 6.07) is 0. The third kappa shape index (κ3) is 0.785. The van der Waals surface area contributed by atoms with Crippen molar-refractivity contribution in [1.82, 2.24) is 0 Å². The van der Waals surface area contributed by atoms with Gasteiger partial charge in [0, 0.05) is 0 Å². The topological polar surface area (TPSA) is 47.9 Å². The van der Waals surface area contributed by atoms with E-state index in [2.05, 4.69) is 0 Å². The molecule has 0 unspecified atom stereocenters. The van der Waals surface area contributed by atoms with E-state index in [0.29, 0.717) is 0 Å². The highest BCUT2D eigenvalue weighted by Gasteiger charge is 2.46. The van der Waals surface area contributed by atoms with E-state index in [1.165, 1.54) is 0 Å². The van der Waals surface area contributed by atoms with E-state index < -0.39 is 6.10 Å². The molecule has 2 heterocycles. The predicted molar refractivity (Wildman–Crippen MR) is 33.4 cm³/mol. The Labute approximate surface area is 59.4 Å². The van der Waals surface area contributed by atoms with E-state index in [0.717, 1.165) is 0 Å². The molecule has 0 aromatic carbocycles. The van der Waals surface area contributed by atoms with Crippen molar-refractivity contribution in [3.05, 3.63) is 0 Å². The van der Waals surface area contributed by atoms with Crippen LogP contribution in [0.1, 0.15) is 6.92 Å². The van der Waals surface area contributed by atoms with Gasteiger partial charge in [0.2, 0.25) is 0 Å². The zero-order valence-electron chi connectivity index (χ0n) is 5.69. The maximum atomic E-state index is 9.34. The lowest BCUT2D eigenvalue weighted by atomic mass is 10.2. The molecule has 0 bridgehead atoms. The maximum Gasteiger partial charge on any atom is 0.440 e. The Hall–Kier alpha value is -0.0951. The number of hydrogen-bond donors (Lipinski definition) is 1. The van der Waals surface area contributed by atoms with Crippen molar-refractivity contribution in [3.8, 4) is 0 Å². The lowest BCUT2D eigenvalue weighted by molar-refractivity contribution is -0.0687. The van der Waals surface area contributed by atoms with E-state index in [-0.39, 0.29) is 26.2 Å². The second kappa shape index (κ2) is 2.20. The molecule has 0 amide bonds. The SMILES string of the molecule is C[C@@H]1O[C@H]2OBO[C@H]2[C@@H]1O. The van der Waals surface area contributed by atoms with Crippen molar-refractivity contribution in [2.24, 2.45) is 0 Å². The molecule has 0 radical (unpaired) electrons. The summed E-state index contributed by atoms with van der Waals surface area (Å²) < 4.78 is 15.3. The first-order chi connectivity index (χ1) is 4.79. The minimum absolute atomic E-state index is 0.171. The molecule has 2 rings (SSSR count). The monoisotopic (exact) mass is 144 g/mol. The Balaban J connectivity index is 2.09. The van der Waals surface area contributed by atoms with Crippen LogP contribution in [0, 0.1) is 0 Å². The van der Waals surface area contributed by atoms with Crippen LogP contribution in [-0.4, -0.2) is 37.4 Å². The van der Waals surface area contributed by atoms with Crippen LogP contribution in [0.25, 0.3) is 0 Å². The smallest absolute Gasteiger partial charge is 0.403 e. The molecule has 0 spiro atoms. The molecule has 2 aliphatic heterocycles. The molecule has 2 saturated heterocycles. The van der Waals surface area contributed by atoms with Gasteiger partial charge in [-0.2, -0.15) is 0 Å². The number of aliphatic hydroxyl groups excluding tert-OH is 1. The third-order valence-corrected chi connectivity index (χ3v) is 1.93. The van der Waals surface area contributed by atoms with Gasteiger partial charge in [-0.1, -0.05) is 0 Å². The van der Waals surface area contributed by atoms with Gasteiger partial charge in [0.1, 0.15) is 12.2 Å². The van der Waals surface area contributed by atoms with Crippen LogP contribution < -0.4 is 0 Å². The molecule has 1 N–H and O–H groups in total. The molecule has 0 aliphatic carbocycles. The number of ether oxygens (including phenoxy) is 1. The fourth-order valence-corrected chi connectivity index (χ4v) is 1.29. The summed E-state index contributed by atoms with van der Waals surface area (Å²) >= 11 is 0. The van der Waals surface area contributed by atoms with E-state index in [4.69, 9.17) is 14.0 Å². The van der Waals surface area contributed by atoms with Gasteiger partial charge in [-0.15, -0.1) is 0 Å². The second-order valence-corrected chi connectivity index (χ2v) is 2.62. The summed E-state index contributed by atoms with van der Waals surface area (Å²) in [5.41, 5.74) is 0.